The van der Waals surface area contributed by atoms with Crippen LogP contribution in [-0.2, 0) is 6.54 Å². The molecule has 0 saturated heterocycles. The van der Waals surface area contributed by atoms with E-state index >= 15 is 0 Å². The molecule has 0 aliphatic carbocycles. The Kier molecular flexibility index (Phi) is 4.09. The molecule has 3 nitrogen and oxygen atoms in total. The largest absolute Gasteiger partial charge is 0.315 e. The lowest BCUT2D eigenvalue weighted by Gasteiger charge is -2.08. The fraction of sp³-hybridized carbons (Fsp3) is 0.455. The Balaban J connectivity index is 2.95. The van der Waals surface area contributed by atoms with Crippen LogP contribution in [0.15, 0.2) is 23.1 Å². The van der Waals surface area contributed by atoms with Crippen LogP contribution in [0.4, 0.5) is 0 Å². The van der Waals surface area contributed by atoms with Gasteiger partial charge in [-0.25, -0.2) is 0 Å². The number of carbonyl (C=O) groups is 1. The topological polar surface area (TPSA) is 39.1 Å². The number of aromatic nitrogens is 1. The van der Waals surface area contributed by atoms with Crippen LogP contribution in [0.1, 0.15) is 30.6 Å². The highest BCUT2D eigenvalue weighted by Crippen LogP contribution is 2.02. The highest BCUT2D eigenvalue weighted by molar-refractivity contribution is 6.67. The molecule has 0 aromatic carbocycles. The molecule has 4 heteroatoms. The average molecular weight is 228 g/mol. The van der Waals surface area contributed by atoms with Gasteiger partial charge < -0.3 is 4.57 Å². The van der Waals surface area contributed by atoms with Crippen molar-refractivity contribution in [3.63, 3.8) is 0 Å². The van der Waals surface area contributed by atoms with Crippen molar-refractivity contribution in [1.82, 2.24) is 4.57 Å². The minimum atomic E-state index is -0.695. The molecular weight excluding hydrogens is 214 g/mol. The second-order valence-corrected chi connectivity index (χ2v) is 4.22. The summed E-state index contributed by atoms with van der Waals surface area (Å²) in [5.74, 6) is 0.521. The van der Waals surface area contributed by atoms with Crippen LogP contribution >= 0.6 is 11.6 Å². The van der Waals surface area contributed by atoms with Gasteiger partial charge >= 0.3 is 0 Å². The highest BCUT2D eigenvalue weighted by atomic mass is 35.5. The van der Waals surface area contributed by atoms with Crippen molar-refractivity contribution < 1.29 is 4.79 Å². The van der Waals surface area contributed by atoms with Gasteiger partial charge in [-0.15, -0.1) is 0 Å². The quantitative estimate of drug-likeness (QED) is 0.741. The Morgan fingerprint density at radius 2 is 2.20 bits per heavy atom. The van der Waals surface area contributed by atoms with Crippen molar-refractivity contribution in [2.24, 2.45) is 5.92 Å². The molecule has 0 fully saturated rings. The zero-order valence-electron chi connectivity index (χ0n) is 8.87. The molecule has 1 aromatic heterocycles. The SMILES string of the molecule is CC(C)CCn1cccc(C(=O)Cl)c1=O. The Morgan fingerprint density at radius 3 is 2.73 bits per heavy atom. The molecule has 0 aliphatic rings. The zero-order valence-corrected chi connectivity index (χ0v) is 9.62. The third-order valence-electron chi connectivity index (χ3n) is 2.18. The minimum absolute atomic E-state index is 0.0444. The number of halogens is 1. The fourth-order valence-corrected chi connectivity index (χ4v) is 1.40. The molecule has 0 unspecified atom stereocenters. The fourth-order valence-electron chi connectivity index (χ4n) is 1.26. The lowest BCUT2D eigenvalue weighted by atomic mass is 10.1. The summed E-state index contributed by atoms with van der Waals surface area (Å²) >= 11 is 5.29. The van der Waals surface area contributed by atoms with Gasteiger partial charge in [-0.1, -0.05) is 13.8 Å². The van der Waals surface area contributed by atoms with Crippen molar-refractivity contribution in [2.45, 2.75) is 26.8 Å². The van der Waals surface area contributed by atoms with Gasteiger partial charge in [0, 0.05) is 12.7 Å². The van der Waals surface area contributed by atoms with Gasteiger partial charge in [-0.05, 0) is 36.1 Å². The van der Waals surface area contributed by atoms with Crippen LogP contribution < -0.4 is 5.56 Å². The molecule has 1 aromatic rings. The number of hydrogen-bond acceptors (Lipinski definition) is 2. The number of rotatable bonds is 4. The lowest BCUT2D eigenvalue weighted by Crippen LogP contribution is -2.24. The Bertz CT molecular complexity index is 409. The number of carbonyl (C=O) groups excluding carboxylic acids is 1. The molecule has 82 valence electrons. The first-order valence-corrected chi connectivity index (χ1v) is 5.29. The first-order valence-electron chi connectivity index (χ1n) is 4.91. The van der Waals surface area contributed by atoms with Gasteiger partial charge in [-0.2, -0.15) is 0 Å². The van der Waals surface area contributed by atoms with Crippen LogP contribution in [0.5, 0.6) is 0 Å². The van der Waals surface area contributed by atoms with Crippen molar-refractivity contribution >= 4 is 16.8 Å². The molecular formula is C11H14ClNO2. The van der Waals surface area contributed by atoms with Crippen LogP contribution in [0.2, 0.25) is 0 Å². The smallest absolute Gasteiger partial charge is 0.262 e. The Hall–Kier alpha value is -1.09. The number of nitrogens with zero attached hydrogens (tertiary/aromatic N) is 1. The summed E-state index contributed by atoms with van der Waals surface area (Å²) in [5, 5.41) is -0.695. The molecule has 0 bridgehead atoms. The first kappa shape index (κ1) is 12.0. The van der Waals surface area contributed by atoms with Gasteiger partial charge in [0.15, 0.2) is 0 Å². The van der Waals surface area contributed by atoms with E-state index in [4.69, 9.17) is 11.6 Å². The number of hydrogen-bond donors (Lipinski definition) is 0. The zero-order chi connectivity index (χ0) is 11.4. The third-order valence-corrected chi connectivity index (χ3v) is 2.38. The van der Waals surface area contributed by atoms with Crippen LogP contribution in [0.25, 0.3) is 0 Å². The number of pyridine rings is 1. The summed E-state index contributed by atoms with van der Waals surface area (Å²) in [5.41, 5.74) is -0.263. The van der Waals surface area contributed by atoms with Gasteiger partial charge in [-0.3, -0.25) is 9.59 Å². The normalized spacial score (nSPS) is 10.7. The Morgan fingerprint density at radius 1 is 1.53 bits per heavy atom. The van der Waals surface area contributed by atoms with E-state index in [0.29, 0.717) is 12.5 Å². The summed E-state index contributed by atoms with van der Waals surface area (Å²) in [6.45, 7) is 4.79. The van der Waals surface area contributed by atoms with Gasteiger partial charge in [0.2, 0.25) is 0 Å². The average Bonchev–Trinajstić information content (AvgIpc) is 2.15. The lowest BCUT2D eigenvalue weighted by molar-refractivity contribution is 0.107. The van der Waals surface area contributed by atoms with E-state index in [0.717, 1.165) is 6.42 Å². The van der Waals surface area contributed by atoms with Crippen molar-refractivity contribution in [3.05, 3.63) is 34.2 Å². The van der Waals surface area contributed by atoms with Crippen LogP contribution in [-0.4, -0.2) is 9.81 Å². The van der Waals surface area contributed by atoms with Gasteiger partial charge in [0.05, 0.1) is 5.56 Å². The Labute approximate surface area is 93.7 Å². The van der Waals surface area contributed by atoms with Crippen LogP contribution in [0, 0.1) is 5.92 Å². The monoisotopic (exact) mass is 227 g/mol. The summed E-state index contributed by atoms with van der Waals surface area (Å²) in [7, 11) is 0. The third kappa shape index (κ3) is 3.20. The summed E-state index contributed by atoms with van der Waals surface area (Å²) in [6.07, 6.45) is 2.58. The maximum atomic E-state index is 11.7. The number of aryl methyl sites for hydroxylation is 1. The van der Waals surface area contributed by atoms with E-state index in [1.165, 1.54) is 10.6 Å². The van der Waals surface area contributed by atoms with Gasteiger partial charge in [0.25, 0.3) is 10.8 Å². The predicted molar refractivity (Wildman–Crippen MR) is 60.3 cm³/mol. The van der Waals surface area contributed by atoms with E-state index in [9.17, 15) is 9.59 Å². The van der Waals surface area contributed by atoms with E-state index in [1.807, 2.05) is 0 Å². The maximum absolute atomic E-state index is 11.7. The first-order chi connectivity index (χ1) is 7.02. The maximum Gasteiger partial charge on any atom is 0.262 e. The summed E-state index contributed by atoms with van der Waals surface area (Å²) in [4.78, 5) is 22.6. The molecule has 0 aliphatic heterocycles. The van der Waals surface area contributed by atoms with E-state index < -0.39 is 5.24 Å². The van der Waals surface area contributed by atoms with Crippen molar-refractivity contribution in [1.29, 1.82) is 0 Å². The molecule has 0 radical (unpaired) electrons. The van der Waals surface area contributed by atoms with Crippen molar-refractivity contribution in [2.75, 3.05) is 0 Å². The van der Waals surface area contributed by atoms with Crippen molar-refractivity contribution in [3.8, 4) is 0 Å². The van der Waals surface area contributed by atoms with E-state index in [-0.39, 0.29) is 11.1 Å². The summed E-state index contributed by atoms with van der Waals surface area (Å²) in [6, 6.07) is 3.11. The highest BCUT2D eigenvalue weighted by Gasteiger charge is 2.08. The predicted octanol–water partition coefficient (Wildman–Crippen LogP) is 2.27. The molecule has 0 saturated carbocycles. The second kappa shape index (κ2) is 5.12. The van der Waals surface area contributed by atoms with Gasteiger partial charge in [0.1, 0.15) is 0 Å². The molecule has 0 N–H and O–H groups in total. The van der Waals surface area contributed by atoms with Crippen LogP contribution in [0.3, 0.4) is 0 Å². The minimum Gasteiger partial charge on any atom is -0.315 e. The molecule has 0 atom stereocenters. The molecule has 1 rings (SSSR count). The molecule has 15 heavy (non-hydrogen) atoms. The second-order valence-electron chi connectivity index (χ2n) is 3.88. The molecule has 1 heterocycles. The summed E-state index contributed by atoms with van der Waals surface area (Å²) < 4.78 is 1.52. The molecule has 0 spiro atoms. The van der Waals surface area contributed by atoms with E-state index in [2.05, 4.69) is 13.8 Å². The molecule has 0 amide bonds. The standard InChI is InChI=1S/C11H14ClNO2/c1-8(2)5-7-13-6-3-4-9(10(12)14)11(13)15/h3-4,6,8H,5,7H2,1-2H3. The van der Waals surface area contributed by atoms with E-state index in [1.54, 1.807) is 12.3 Å².